The Morgan fingerprint density at radius 2 is 1.13 bits per heavy atom. The average Bonchev–Trinajstić information content (AvgIpc) is 0.944. The first-order chi connectivity index (χ1) is 45.1. The summed E-state index contributed by atoms with van der Waals surface area (Å²) in [5.74, 6) is -2.53. The van der Waals surface area contributed by atoms with Crippen molar-refractivity contribution in [2.45, 2.75) is 158 Å². The normalized spacial score (nSPS) is 16.7. The van der Waals surface area contributed by atoms with Crippen molar-refractivity contribution in [3.63, 3.8) is 0 Å². The van der Waals surface area contributed by atoms with E-state index in [1.165, 1.54) is 28.0 Å². The minimum atomic E-state index is -0.979. The fraction of sp³-hybridized carbons (Fsp3) is 0.536. The van der Waals surface area contributed by atoms with Crippen LogP contribution in [0.2, 0.25) is 0 Å². The Bertz CT molecular complexity index is 3500. The molecule has 0 radical (unpaired) electrons. The number of aromatic amines is 1. The van der Waals surface area contributed by atoms with E-state index >= 15 is 0 Å². The van der Waals surface area contributed by atoms with Crippen LogP contribution < -0.4 is 44.5 Å². The molecule has 4 aromatic carbocycles. The van der Waals surface area contributed by atoms with E-state index in [1.54, 1.807) is 19.0 Å². The number of H-pyrrole nitrogens is 1. The van der Waals surface area contributed by atoms with Crippen molar-refractivity contribution < 1.29 is 42.7 Å². The third-order valence-electron chi connectivity index (χ3n) is 18.1. The number of anilines is 3. The molecule has 24 heteroatoms. The van der Waals surface area contributed by atoms with E-state index in [2.05, 4.69) is 71.8 Å². The Hall–Kier alpha value is -8.25. The van der Waals surface area contributed by atoms with Gasteiger partial charge in [-0.25, -0.2) is 9.59 Å². The Kier molecular flexibility index (Phi) is 26.7. The molecular formula is C69H93N13O11. The molecule has 1 fully saturated rings. The number of benzene rings is 4. The summed E-state index contributed by atoms with van der Waals surface area (Å²) in [7, 11) is 3.32. The van der Waals surface area contributed by atoms with Crippen LogP contribution in [-0.4, -0.2) is 147 Å². The van der Waals surface area contributed by atoms with Gasteiger partial charge in [-0.1, -0.05) is 81.1 Å². The van der Waals surface area contributed by atoms with Crippen LogP contribution in [-0.2, 0) is 38.9 Å². The third kappa shape index (κ3) is 18.5. The first-order valence-electron chi connectivity index (χ1n) is 33.2. The quantitative estimate of drug-likeness (QED) is 0.00838. The number of fused-ring (bicyclic) bond motifs is 1. The summed E-state index contributed by atoms with van der Waals surface area (Å²) in [6, 6.07) is 20.7. The molecule has 6 amide bonds. The van der Waals surface area contributed by atoms with Gasteiger partial charge in [-0.2, -0.15) is 0 Å². The second-order valence-corrected chi connectivity index (χ2v) is 24.7. The summed E-state index contributed by atoms with van der Waals surface area (Å²) in [5, 5.41) is 13.4. The number of carbonyl (C=O) groups is 6. The lowest BCUT2D eigenvalue weighted by molar-refractivity contribution is -0.135. The maximum Gasteiger partial charge on any atom is 0.419 e. The van der Waals surface area contributed by atoms with Crippen LogP contribution in [0.15, 0.2) is 91.9 Å². The van der Waals surface area contributed by atoms with Gasteiger partial charge in [0.2, 0.25) is 29.5 Å². The van der Waals surface area contributed by atoms with E-state index in [1.807, 2.05) is 18.2 Å². The van der Waals surface area contributed by atoms with Crippen LogP contribution >= 0.6 is 0 Å². The topological polar surface area (TPSA) is 357 Å². The number of nitrogens with two attached hydrogens (primary N) is 3. The Labute approximate surface area is 543 Å². The van der Waals surface area contributed by atoms with E-state index in [9.17, 15) is 43.9 Å². The maximum absolute atomic E-state index is 14.6. The summed E-state index contributed by atoms with van der Waals surface area (Å²) in [5.41, 5.74) is 32.6. The number of amides is 6. The van der Waals surface area contributed by atoms with Crippen molar-refractivity contribution in [1.29, 1.82) is 0 Å². The molecule has 2 bridgehead atoms. The first-order valence-corrected chi connectivity index (χ1v) is 33.2. The van der Waals surface area contributed by atoms with Gasteiger partial charge < -0.3 is 61.7 Å². The molecular weight excluding hydrogens is 1190 g/mol. The number of likely N-dealkylation sites (tertiary alicyclic amines) is 1. The second kappa shape index (κ2) is 35.1. The largest absolute Gasteiger partial charge is 0.419 e. The van der Waals surface area contributed by atoms with Crippen LogP contribution in [0.25, 0.3) is 21.3 Å². The van der Waals surface area contributed by atoms with Crippen LogP contribution in [0.4, 0.5) is 17.1 Å². The fourth-order valence-corrected chi connectivity index (χ4v) is 13.2. The number of unbranched alkanes of at least 4 members (excludes halogenated alkanes) is 12. The zero-order valence-electron chi connectivity index (χ0n) is 54.0. The lowest BCUT2D eigenvalue weighted by atomic mass is 9.51. The highest BCUT2D eigenvalue weighted by molar-refractivity contribution is 6.00. The number of nitrogens with zero attached hydrogens (tertiary/aromatic N) is 6. The van der Waals surface area contributed by atoms with Crippen molar-refractivity contribution >= 4 is 63.4 Å². The number of hydrogen-bond acceptors (Lipinski definition) is 15. The number of ether oxygens (including phenoxy) is 2. The highest BCUT2D eigenvalue weighted by Gasteiger charge is 2.52. The molecule has 2 heterocycles. The van der Waals surface area contributed by atoms with E-state index in [0.29, 0.717) is 62.4 Å². The third-order valence-corrected chi connectivity index (χ3v) is 18.1. The SMILES string of the molecule is CN(CCOCCOCCN(C)C(=O)[C@@H]1C[C@H](N=[N+]=[N-])CN1C(=O)c1ccc2c(=O)oc(=O)[nH]c2c1)C(=O)CCC12c3ccc(NC(=O)CCCCCCCN)cc3C(c3ccc(NC(=O)CCCCCCCN)cc31)c1ccc(NC(=O)CCCCCCCN)cc12. The Balaban J connectivity index is 0.934. The van der Waals surface area contributed by atoms with Crippen molar-refractivity contribution in [1.82, 2.24) is 19.7 Å². The number of hydrogen-bond donors (Lipinski definition) is 7. The number of likely N-dealkylation sites (N-methyl/N-ethyl adjacent to an activating group) is 2. The van der Waals surface area contributed by atoms with Crippen molar-refractivity contribution in [2.75, 3.05) is 95.7 Å². The molecule has 24 nitrogen and oxygen atoms in total. The molecule has 9 rings (SSSR count). The van der Waals surface area contributed by atoms with Gasteiger partial charge in [0, 0.05) is 98.3 Å². The molecule has 3 aliphatic carbocycles. The highest BCUT2D eigenvalue weighted by atomic mass is 16.5. The second-order valence-electron chi connectivity index (χ2n) is 24.7. The molecule has 10 N–H and O–H groups in total. The molecule has 500 valence electrons. The predicted octanol–water partition coefficient (Wildman–Crippen LogP) is 8.66. The van der Waals surface area contributed by atoms with Crippen LogP contribution in [0.3, 0.4) is 0 Å². The molecule has 0 spiro atoms. The molecule has 2 atom stereocenters. The van der Waals surface area contributed by atoms with Crippen molar-refractivity contribution in [3.8, 4) is 0 Å². The summed E-state index contributed by atoms with van der Waals surface area (Å²) in [6.07, 6.45) is 15.8. The van der Waals surface area contributed by atoms with Gasteiger partial charge in [-0.05, 0) is 165 Å². The van der Waals surface area contributed by atoms with Gasteiger partial charge in [0.1, 0.15) is 6.04 Å². The van der Waals surface area contributed by atoms with Gasteiger partial charge in [0.15, 0.2) is 0 Å². The summed E-state index contributed by atoms with van der Waals surface area (Å²) in [4.78, 5) is 117. The zero-order chi connectivity index (χ0) is 66.3. The predicted molar refractivity (Wildman–Crippen MR) is 358 cm³/mol. The number of rotatable bonds is 39. The first kappa shape index (κ1) is 70.6. The van der Waals surface area contributed by atoms with Crippen molar-refractivity contribution in [3.05, 3.63) is 143 Å². The molecule has 5 aromatic rings. The molecule has 0 saturated carbocycles. The standard InChI is InChI=1S/C69H93N13O11/c1-80(34-36-91-38-39-92-37-35-81(2)66(88)59-44-50(78-79-73)45-82(59)65(87)46-21-25-53-58(40-46)77-68(90)93-67(53)89)63(86)29-30-69-55-28-24-47(74-60(83)18-12-6-3-9-15-31-70)41-54(55)64(51-26-22-48(42-56(51)69)75-61(84)19-13-7-4-10-16-32-71)52-27-23-49(43-57(52)69)76-62(85)20-14-8-5-11-17-33-72/h21-28,40-43,50,59,64H,3-20,29-39,44-45,70-72H2,1-2H3,(H,74,83)(H,75,84)(H,76,85)(H,77,90)/t50-,59-,64?,69?/m0/s1. The Morgan fingerprint density at radius 1 is 0.624 bits per heavy atom. The van der Waals surface area contributed by atoms with E-state index < -0.39 is 40.7 Å². The molecule has 1 saturated heterocycles. The summed E-state index contributed by atoms with van der Waals surface area (Å²) in [6.45, 7) is 3.13. The van der Waals surface area contributed by atoms with E-state index in [4.69, 9.17) is 26.7 Å². The fourth-order valence-electron chi connectivity index (χ4n) is 13.2. The maximum atomic E-state index is 14.6. The lowest BCUT2D eigenvalue weighted by Gasteiger charge is -2.51. The lowest BCUT2D eigenvalue weighted by Crippen LogP contribution is -2.47. The van der Waals surface area contributed by atoms with Crippen LogP contribution in [0, 0.1) is 0 Å². The van der Waals surface area contributed by atoms with Crippen molar-refractivity contribution in [2.24, 2.45) is 22.3 Å². The molecule has 4 aliphatic rings. The van der Waals surface area contributed by atoms with Crippen LogP contribution in [0.5, 0.6) is 0 Å². The number of carbonyl (C=O) groups excluding carboxylic acids is 6. The monoisotopic (exact) mass is 1280 g/mol. The van der Waals surface area contributed by atoms with E-state index in [-0.39, 0.29) is 105 Å². The average molecular weight is 1280 g/mol. The minimum absolute atomic E-state index is 0.0205. The number of azide groups is 1. The molecule has 93 heavy (non-hydrogen) atoms. The van der Waals surface area contributed by atoms with Gasteiger partial charge in [0.05, 0.1) is 43.4 Å². The Morgan fingerprint density at radius 3 is 1.67 bits per heavy atom. The smallest absolute Gasteiger partial charge is 0.377 e. The molecule has 1 aliphatic heterocycles. The molecule has 0 unspecified atom stereocenters. The molecule has 1 aromatic heterocycles. The zero-order valence-corrected chi connectivity index (χ0v) is 54.0. The minimum Gasteiger partial charge on any atom is -0.377 e. The van der Waals surface area contributed by atoms with E-state index in [0.717, 1.165) is 130 Å². The summed E-state index contributed by atoms with van der Waals surface area (Å²) < 4.78 is 16.4. The number of nitrogens with one attached hydrogen (secondary N) is 4. The van der Waals surface area contributed by atoms with Crippen LogP contribution in [0.1, 0.15) is 184 Å². The number of aromatic nitrogens is 1. The summed E-state index contributed by atoms with van der Waals surface area (Å²) >= 11 is 0. The van der Waals surface area contributed by atoms with Gasteiger partial charge >= 0.3 is 11.4 Å². The highest BCUT2D eigenvalue weighted by Crippen LogP contribution is 2.62. The van der Waals surface area contributed by atoms with Gasteiger partial charge in [-0.15, -0.1) is 0 Å². The van der Waals surface area contributed by atoms with Gasteiger partial charge in [-0.3, -0.25) is 33.8 Å². The van der Waals surface area contributed by atoms with Gasteiger partial charge in [0.25, 0.3) is 5.91 Å².